The molecule has 0 heterocycles. The molecule has 0 spiro atoms. The molecule has 3 heteroatoms. The fourth-order valence-corrected chi connectivity index (χ4v) is 1.70. The average Bonchev–Trinajstić information content (AvgIpc) is 2.45. The second-order valence-corrected chi connectivity index (χ2v) is 3.91. The van der Waals surface area contributed by atoms with Crippen LogP contribution >= 0.6 is 0 Å². The van der Waals surface area contributed by atoms with Crippen LogP contribution in [0.4, 0.5) is 0 Å². The third-order valence-corrected chi connectivity index (χ3v) is 2.60. The van der Waals surface area contributed by atoms with E-state index < -0.39 is 0 Å². The normalized spacial score (nSPS) is 12.7. The molecule has 0 bridgehead atoms. The molecule has 18 heavy (non-hydrogen) atoms. The Labute approximate surface area is 107 Å². The number of hydrogen-bond donors (Lipinski definition) is 2. The minimum absolute atomic E-state index is 0.101. The van der Waals surface area contributed by atoms with E-state index in [4.69, 9.17) is 5.73 Å². The van der Waals surface area contributed by atoms with Gasteiger partial charge in [0.15, 0.2) is 0 Å². The van der Waals surface area contributed by atoms with Crippen LogP contribution in [-0.4, -0.2) is 12.9 Å². The van der Waals surface area contributed by atoms with Gasteiger partial charge in [-0.05, 0) is 11.1 Å². The topological polar surface area (TPSA) is 50.4 Å². The van der Waals surface area contributed by atoms with Crippen molar-refractivity contribution in [3.63, 3.8) is 0 Å². The summed E-state index contributed by atoms with van der Waals surface area (Å²) in [6.45, 7) is 0.395. The maximum absolute atomic E-state index is 5.55. The molecule has 1 unspecified atom stereocenters. The van der Waals surface area contributed by atoms with Crippen LogP contribution in [0.25, 0.3) is 0 Å². The molecule has 0 aliphatic heterocycles. The molecule has 92 valence electrons. The highest BCUT2D eigenvalue weighted by molar-refractivity contribution is 5.79. The Balaban J connectivity index is 2.14. The van der Waals surface area contributed by atoms with E-state index in [2.05, 4.69) is 10.3 Å². The van der Waals surface area contributed by atoms with Gasteiger partial charge in [0.25, 0.3) is 0 Å². The molecule has 3 N–H and O–H groups in total. The van der Waals surface area contributed by atoms with Crippen molar-refractivity contribution >= 4 is 6.21 Å². The summed E-state index contributed by atoms with van der Waals surface area (Å²) < 4.78 is 0. The number of hydrogen-bond acceptors (Lipinski definition) is 3. The van der Waals surface area contributed by atoms with Gasteiger partial charge in [-0.3, -0.25) is 10.3 Å². The molecule has 0 saturated heterocycles. The number of nitrogens with two attached hydrogens (primary N) is 1. The van der Waals surface area contributed by atoms with Crippen LogP contribution in [0.3, 0.4) is 0 Å². The lowest BCUT2D eigenvalue weighted by Crippen LogP contribution is -2.26. The smallest absolute Gasteiger partial charge is 0.126 e. The fraction of sp³-hybridized carbons (Fsp3) is 0.133. The first-order valence-electron chi connectivity index (χ1n) is 5.97. The molecule has 2 aromatic carbocycles. The van der Waals surface area contributed by atoms with Crippen LogP contribution in [0.2, 0.25) is 0 Å². The lowest BCUT2D eigenvalue weighted by atomic mass is 10.2. The number of aliphatic imine (C=N–C) groups is 1. The molecule has 0 amide bonds. The standard InChI is InChI=1S/C15H17N3/c16-12-18-15(14-9-5-2-6-10-14)17-11-13-7-3-1-4-8-13/h1-11,15,18H,12,16H2/b17-11+. The Morgan fingerprint density at radius 3 is 2.22 bits per heavy atom. The summed E-state index contributed by atoms with van der Waals surface area (Å²) in [6, 6.07) is 20.1. The van der Waals surface area contributed by atoms with Crippen molar-refractivity contribution in [2.45, 2.75) is 6.17 Å². The molecule has 0 radical (unpaired) electrons. The van der Waals surface area contributed by atoms with E-state index in [1.54, 1.807) is 0 Å². The number of nitrogens with one attached hydrogen (secondary N) is 1. The summed E-state index contributed by atoms with van der Waals surface area (Å²) in [7, 11) is 0. The van der Waals surface area contributed by atoms with E-state index in [0.29, 0.717) is 6.67 Å². The van der Waals surface area contributed by atoms with Crippen LogP contribution < -0.4 is 11.1 Å². The molecule has 0 aliphatic carbocycles. The van der Waals surface area contributed by atoms with E-state index in [1.165, 1.54) is 0 Å². The number of benzene rings is 2. The Kier molecular flexibility index (Phi) is 4.64. The van der Waals surface area contributed by atoms with E-state index in [0.717, 1.165) is 11.1 Å². The van der Waals surface area contributed by atoms with E-state index in [9.17, 15) is 0 Å². The predicted molar refractivity (Wildman–Crippen MR) is 75.4 cm³/mol. The van der Waals surface area contributed by atoms with Crippen molar-refractivity contribution in [1.82, 2.24) is 5.32 Å². The maximum Gasteiger partial charge on any atom is 0.126 e. The molecule has 0 saturated carbocycles. The summed E-state index contributed by atoms with van der Waals surface area (Å²) in [5, 5.41) is 3.15. The second-order valence-electron chi connectivity index (χ2n) is 3.91. The van der Waals surface area contributed by atoms with Gasteiger partial charge in [0.1, 0.15) is 6.17 Å². The van der Waals surface area contributed by atoms with Crippen LogP contribution in [-0.2, 0) is 0 Å². The first-order valence-corrected chi connectivity index (χ1v) is 5.97. The molecular formula is C15H17N3. The van der Waals surface area contributed by atoms with E-state index in [1.807, 2.05) is 66.9 Å². The largest absolute Gasteiger partial charge is 0.318 e. The Bertz CT molecular complexity index is 480. The zero-order valence-electron chi connectivity index (χ0n) is 10.2. The lowest BCUT2D eigenvalue weighted by molar-refractivity contribution is 0.569. The van der Waals surface area contributed by atoms with Gasteiger partial charge in [0, 0.05) is 12.9 Å². The van der Waals surface area contributed by atoms with Gasteiger partial charge in [-0.25, -0.2) is 0 Å². The van der Waals surface area contributed by atoms with Gasteiger partial charge in [-0.2, -0.15) is 0 Å². The van der Waals surface area contributed by atoms with Gasteiger partial charge in [0.05, 0.1) is 0 Å². The highest BCUT2D eigenvalue weighted by atomic mass is 15.1. The highest BCUT2D eigenvalue weighted by Gasteiger charge is 2.05. The van der Waals surface area contributed by atoms with Crippen molar-refractivity contribution in [2.24, 2.45) is 10.7 Å². The first kappa shape index (κ1) is 12.5. The van der Waals surface area contributed by atoms with Gasteiger partial charge in [0.2, 0.25) is 0 Å². The van der Waals surface area contributed by atoms with Crippen molar-refractivity contribution in [3.05, 3.63) is 71.8 Å². The predicted octanol–water partition coefficient (Wildman–Crippen LogP) is 2.31. The summed E-state index contributed by atoms with van der Waals surface area (Å²) in [5.41, 5.74) is 7.74. The fourth-order valence-electron chi connectivity index (χ4n) is 1.70. The Morgan fingerprint density at radius 2 is 1.61 bits per heavy atom. The summed E-state index contributed by atoms with van der Waals surface area (Å²) in [4.78, 5) is 4.54. The van der Waals surface area contributed by atoms with E-state index in [-0.39, 0.29) is 6.17 Å². The summed E-state index contributed by atoms with van der Waals surface area (Å²) in [5.74, 6) is 0. The van der Waals surface area contributed by atoms with Gasteiger partial charge in [-0.15, -0.1) is 0 Å². The van der Waals surface area contributed by atoms with E-state index >= 15 is 0 Å². The van der Waals surface area contributed by atoms with Gasteiger partial charge >= 0.3 is 0 Å². The maximum atomic E-state index is 5.55. The molecule has 1 atom stereocenters. The van der Waals surface area contributed by atoms with Crippen LogP contribution in [0.5, 0.6) is 0 Å². The third kappa shape index (κ3) is 3.52. The second kappa shape index (κ2) is 6.69. The molecule has 2 rings (SSSR count). The molecule has 2 aromatic rings. The highest BCUT2D eigenvalue weighted by Crippen LogP contribution is 2.13. The van der Waals surface area contributed by atoms with Crippen molar-refractivity contribution in [1.29, 1.82) is 0 Å². The summed E-state index contributed by atoms with van der Waals surface area (Å²) in [6.07, 6.45) is 1.76. The Hall–Kier alpha value is -1.97. The average molecular weight is 239 g/mol. The molecule has 0 aliphatic rings. The SMILES string of the molecule is NCNC(/N=C/c1ccccc1)c1ccccc1. The monoisotopic (exact) mass is 239 g/mol. The minimum atomic E-state index is -0.101. The Morgan fingerprint density at radius 1 is 1.00 bits per heavy atom. The van der Waals surface area contributed by atoms with Crippen LogP contribution in [0, 0.1) is 0 Å². The van der Waals surface area contributed by atoms with Gasteiger partial charge < -0.3 is 5.73 Å². The van der Waals surface area contributed by atoms with Crippen molar-refractivity contribution in [2.75, 3.05) is 6.67 Å². The quantitative estimate of drug-likeness (QED) is 0.621. The molecular weight excluding hydrogens is 222 g/mol. The molecule has 0 aromatic heterocycles. The van der Waals surface area contributed by atoms with Crippen LogP contribution in [0.15, 0.2) is 65.7 Å². The first-order chi connectivity index (χ1) is 8.90. The van der Waals surface area contributed by atoms with Crippen molar-refractivity contribution in [3.8, 4) is 0 Å². The van der Waals surface area contributed by atoms with Crippen molar-refractivity contribution < 1.29 is 0 Å². The number of nitrogens with zero attached hydrogens (tertiary/aromatic N) is 1. The van der Waals surface area contributed by atoms with Gasteiger partial charge in [-0.1, -0.05) is 60.7 Å². The zero-order chi connectivity index (χ0) is 12.6. The minimum Gasteiger partial charge on any atom is -0.318 e. The lowest BCUT2D eigenvalue weighted by Gasteiger charge is -2.13. The number of rotatable bonds is 5. The molecule has 0 fully saturated rings. The third-order valence-electron chi connectivity index (χ3n) is 2.60. The van der Waals surface area contributed by atoms with Crippen LogP contribution in [0.1, 0.15) is 17.3 Å². The molecule has 3 nitrogen and oxygen atoms in total. The summed E-state index contributed by atoms with van der Waals surface area (Å²) >= 11 is 0. The zero-order valence-corrected chi connectivity index (χ0v) is 10.2.